The van der Waals surface area contributed by atoms with Crippen LogP contribution in [0.5, 0.6) is 0 Å². The van der Waals surface area contributed by atoms with Crippen LogP contribution in [0.2, 0.25) is 5.02 Å². The van der Waals surface area contributed by atoms with Crippen LogP contribution in [0, 0.1) is 13.8 Å². The second kappa shape index (κ2) is 10.1. The van der Waals surface area contributed by atoms with E-state index in [1.807, 2.05) is 38.1 Å². The molecule has 2 N–H and O–H groups in total. The van der Waals surface area contributed by atoms with Crippen LogP contribution in [0.1, 0.15) is 28.1 Å². The molecule has 0 saturated heterocycles. The summed E-state index contributed by atoms with van der Waals surface area (Å²) in [4.78, 5) is 10.3. The Kier molecular flexibility index (Phi) is 8.86. The first-order chi connectivity index (χ1) is 10.6. The third-order valence-electron chi connectivity index (χ3n) is 3.13. The number of rotatable bonds is 5. The molecule has 0 unspecified atom stereocenters. The first-order valence-corrected chi connectivity index (χ1v) is 8.48. The summed E-state index contributed by atoms with van der Waals surface area (Å²) in [5.74, 6) is 0.785. The number of thiazole rings is 1. The highest BCUT2D eigenvalue weighted by molar-refractivity contribution is 14.0. The number of aliphatic imine (C=N–C) groups is 1. The molecule has 0 spiro atoms. The number of aryl methyl sites for hydroxylation is 2. The molecule has 1 aromatic heterocycles. The molecular formula is C16H22ClIN4S. The average molecular weight is 465 g/mol. The third kappa shape index (κ3) is 6.27. The lowest BCUT2D eigenvalue weighted by atomic mass is 10.2. The molecule has 0 aliphatic rings. The van der Waals surface area contributed by atoms with Gasteiger partial charge in [-0.15, -0.1) is 35.3 Å². The van der Waals surface area contributed by atoms with E-state index in [-0.39, 0.29) is 24.0 Å². The average Bonchev–Trinajstić information content (AvgIpc) is 2.81. The van der Waals surface area contributed by atoms with Gasteiger partial charge in [0.15, 0.2) is 5.96 Å². The van der Waals surface area contributed by atoms with E-state index in [4.69, 9.17) is 11.6 Å². The first-order valence-electron chi connectivity index (χ1n) is 7.28. The van der Waals surface area contributed by atoms with Gasteiger partial charge in [0.2, 0.25) is 0 Å². The number of hydrogen-bond acceptors (Lipinski definition) is 3. The maximum atomic E-state index is 6.16. The number of nitrogens with one attached hydrogen (secondary N) is 2. The van der Waals surface area contributed by atoms with E-state index < -0.39 is 0 Å². The third-order valence-corrected chi connectivity index (χ3v) is 4.57. The molecule has 0 fully saturated rings. The van der Waals surface area contributed by atoms with E-state index >= 15 is 0 Å². The fourth-order valence-electron chi connectivity index (χ4n) is 2.03. The zero-order valence-corrected chi connectivity index (χ0v) is 17.4. The Morgan fingerprint density at radius 1 is 1.26 bits per heavy atom. The van der Waals surface area contributed by atoms with Crippen molar-refractivity contribution in [2.45, 2.75) is 33.9 Å². The molecule has 23 heavy (non-hydrogen) atoms. The first kappa shape index (κ1) is 20.2. The standard InChI is InChI=1S/C16H21ClN4S.HI/c1-4-18-16(19-9-13-7-5-6-8-14(13)17)20-10-15-11(2)21-12(3)22-15;/h5-8H,4,9-10H2,1-3H3,(H2,18,19,20);1H. The van der Waals surface area contributed by atoms with Crippen molar-refractivity contribution < 1.29 is 0 Å². The van der Waals surface area contributed by atoms with Gasteiger partial charge in [-0.25, -0.2) is 9.98 Å². The number of aromatic nitrogens is 1. The van der Waals surface area contributed by atoms with Crippen LogP contribution in [0.4, 0.5) is 0 Å². The van der Waals surface area contributed by atoms with Gasteiger partial charge in [-0.2, -0.15) is 0 Å². The number of guanidine groups is 1. The van der Waals surface area contributed by atoms with Crippen molar-refractivity contribution in [3.63, 3.8) is 0 Å². The Hall–Kier alpha value is -0.860. The molecule has 1 heterocycles. The zero-order chi connectivity index (χ0) is 15.9. The van der Waals surface area contributed by atoms with Gasteiger partial charge < -0.3 is 10.6 Å². The smallest absolute Gasteiger partial charge is 0.191 e. The minimum Gasteiger partial charge on any atom is -0.357 e. The maximum Gasteiger partial charge on any atom is 0.191 e. The predicted molar refractivity (Wildman–Crippen MR) is 110 cm³/mol. The summed E-state index contributed by atoms with van der Waals surface area (Å²) < 4.78 is 0. The molecule has 126 valence electrons. The summed E-state index contributed by atoms with van der Waals surface area (Å²) in [6.45, 7) is 8.21. The number of hydrogen-bond donors (Lipinski definition) is 2. The molecule has 0 bridgehead atoms. The van der Waals surface area contributed by atoms with Crippen molar-refractivity contribution in [1.29, 1.82) is 0 Å². The Labute approximate surface area is 163 Å². The van der Waals surface area contributed by atoms with Gasteiger partial charge in [-0.3, -0.25) is 0 Å². The highest BCUT2D eigenvalue weighted by Gasteiger charge is 2.06. The molecule has 0 atom stereocenters. The van der Waals surface area contributed by atoms with E-state index in [2.05, 4.69) is 27.5 Å². The van der Waals surface area contributed by atoms with Gasteiger partial charge in [0.25, 0.3) is 0 Å². The number of benzene rings is 1. The van der Waals surface area contributed by atoms with E-state index in [9.17, 15) is 0 Å². The zero-order valence-electron chi connectivity index (χ0n) is 13.5. The molecule has 0 aliphatic carbocycles. The van der Waals surface area contributed by atoms with E-state index in [0.29, 0.717) is 6.54 Å². The monoisotopic (exact) mass is 464 g/mol. The molecule has 0 aliphatic heterocycles. The molecule has 2 rings (SSSR count). The van der Waals surface area contributed by atoms with Crippen LogP contribution < -0.4 is 10.6 Å². The molecule has 0 saturated carbocycles. The minimum atomic E-state index is 0. The van der Waals surface area contributed by atoms with E-state index in [0.717, 1.165) is 40.3 Å². The Morgan fingerprint density at radius 2 is 2.00 bits per heavy atom. The van der Waals surface area contributed by atoms with Crippen LogP contribution in [0.25, 0.3) is 0 Å². The largest absolute Gasteiger partial charge is 0.357 e. The summed E-state index contributed by atoms with van der Waals surface area (Å²) in [5, 5.41) is 8.43. The number of nitrogens with zero attached hydrogens (tertiary/aromatic N) is 2. The molecule has 4 nitrogen and oxygen atoms in total. The topological polar surface area (TPSA) is 49.3 Å². The normalized spacial score (nSPS) is 11.0. The van der Waals surface area contributed by atoms with Crippen LogP contribution in [0.3, 0.4) is 0 Å². The molecule has 1 aromatic carbocycles. The fourth-order valence-corrected chi connectivity index (χ4v) is 3.11. The van der Waals surface area contributed by atoms with Gasteiger partial charge in [-0.1, -0.05) is 29.8 Å². The highest BCUT2D eigenvalue weighted by Crippen LogP contribution is 2.17. The van der Waals surface area contributed by atoms with Crippen LogP contribution in [-0.4, -0.2) is 17.5 Å². The Bertz CT molecular complexity index is 657. The fraction of sp³-hybridized carbons (Fsp3) is 0.375. The lowest BCUT2D eigenvalue weighted by Gasteiger charge is -2.11. The summed E-state index contributed by atoms with van der Waals surface area (Å²) in [5.41, 5.74) is 2.10. The SMILES string of the molecule is CCNC(=NCc1ccccc1Cl)NCc1sc(C)nc1C.I. The van der Waals surface area contributed by atoms with E-state index in [1.54, 1.807) is 11.3 Å². The van der Waals surface area contributed by atoms with Crippen LogP contribution >= 0.6 is 46.9 Å². The van der Waals surface area contributed by atoms with Crippen molar-refractivity contribution in [3.05, 3.63) is 50.4 Å². The lowest BCUT2D eigenvalue weighted by Crippen LogP contribution is -2.36. The van der Waals surface area contributed by atoms with Crippen molar-refractivity contribution in [3.8, 4) is 0 Å². The second-order valence-corrected chi connectivity index (χ2v) is 6.58. The predicted octanol–water partition coefficient (Wildman–Crippen LogP) is 4.29. The summed E-state index contributed by atoms with van der Waals surface area (Å²) in [6, 6.07) is 7.77. The van der Waals surface area contributed by atoms with Gasteiger partial charge in [0, 0.05) is 16.4 Å². The van der Waals surface area contributed by atoms with Gasteiger partial charge in [0.1, 0.15) is 0 Å². The van der Waals surface area contributed by atoms with E-state index in [1.165, 1.54) is 4.88 Å². The van der Waals surface area contributed by atoms with Crippen LogP contribution in [0.15, 0.2) is 29.3 Å². The quantitative estimate of drug-likeness (QED) is 0.394. The molecule has 0 radical (unpaired) electrons. The Balaban J connectivity index is 0.00000264. The highest BCUT2D eigenvalue weighted by atomic mass is 127. The summed E-state index contributed by atoms with van der Waals surface area (Å²) in [6.07, 6.45) is 0. The lowest BCUT2D eigenvalue weighted by molar-refractivity contribution is 0.819. The second-order valence-electron chi connectivity index (χ2n) is 4.88. The Morgan fingerprint density at radius 3 is 2.61 bits per heavy atom. The van der Waals surface area contributed by atoms with Crippen molar-refractivity contribution in [2.75, 3.05) is 6.54 Å². The van der Waals surface area contributed by atoms with Crippen molar-refractivity contribution in [2.24, 2.45) is 4.99 Å². The molecule has 2 aromatic rings. The van der Waals surface area contributed by atoms with Crippen molar-refractivity contribution in [1.82, 2.24) is 15.6 Å². The van der Waals surface area contributed by atoms with Gasteiger partial charge in [0.05, 0.1) is 23.8 Å². The minimum absolute atomic E-state index is 0. The summed E-state index contributed by atoms with van der Waals surface area (Å²) in [7, 11) is 0. The maximum absolute atomic E-state index is 6.16. The number of halogens is 2. The summed E-state index contributed by atoms with van der Waals surface area (Å²) >= 11 is 7.88. The van der Waals surface area contributed by atoms with Gasteiger partial charge >= 0.3 is 0 Å². The van der Waals surface area contributed by atoms with Crippen LogP contribution in [-0.2, 0) is 13.1 Å². The molecule has 0 amide bonds. The molecular weight excluding hydrogens is 443 g/mol. The van der Waals surface area contributed by atoms with Crippen molar-refractivity contribution >= 4 is 52.9 Å². The molecule has 7 heteroatoms. The van der Waals surface area contributed by atoms with Gasteiger partial charge in [-0.05, 0) is 32.4 Å².